The molecule has 3 aliphatic rings. The molecule has 2 aromatic heterocycles. The molecule has 4 heterocycles. The molecule has 0 saturated carbocycles. The number of piperidine rings is 1. The Bertz CT molecular complexity index is 1280. The van der Waals surface area contributed by atoms with Crippen LogP contribution in [-0.4, -0.2) is 71.1 Å². The number of fused-ring (bicyclic) bond motifs is 1. The van der Waals surface area contributed by atoms with E-state index in [1.165, 1.54) is 17.5 Å². The monoisotopic (exact) mass is 499 g/mol. The molecular formula is C29H33N5O3. The van der Waals surface area contributed by atoms with Crippen LogP contribution in [0.2, 0.25) is 0 Å². The third kappa shape index (κ3) is 4.66. The number of hydrogen-bond acceptors (Lipinski definition) is 7. The average Bonchev–Trinajstić information content (AvgIpc) is 3.35. The van der Waals surface area contributed by atoms with Crippen molar-refractivity contribution in [2.75, 3.05) is 40.4 Å². The fourth-order valence-electron chi connectivity index (χ4n) is 6.23. The summed E-state index contributed by atoms with van der Waals surface area (Å²) in [6.07, 6.45) is 8.01. The molecule has 1 aromatic carbocycles. The molecule has 6 rings (SSSR count). The topological polar surface area (TPSA) is 80.7 Å². The van der Waals surface area contributed by atoms with Crippen molar-refractivity contribution in [1.82, 2.24) is 24.8 Å². The van der Waals surface area contributed by atoms with Crippen LogP contribution in [0.15, 0.2) is 48.9 Å². The summed E-state index contributed by atoms with van der Waals surface area (Å²) >= 11 is 0. The Balaban J connectivity index is 1.04. The number of pyridine rings is 1. The van der Waals surface area contributed by atoms with Gasteiger partial charge in [0.15, 0.2) is 0 Å². The molecule has 8 nitrogen and oxygen atoms in total. The van der Waals surface area contributed by atoms with Gasteiger partial charge in [0.05, 0.1) is 32.5 Å². The number of ether oxygens (including phenoxy) is 2. The lowest BCUT2D eigenvalue weighted by Gasteiger charge is -2.56. The number of rotatable bonds is 6. The number of methoxy groups -OCH3 is 2. The zero-order valence-corrected chi connectivity index (χ0v) is 21.5. The van der Waals surface area contributed by atoms with Gasteiger partial charge in [0.1, 0.15) is 12.1 Å². The van der Waals surface area contributed by atoms with Crippen molar-refractivity contribution in [3.05, 3.63) is 65.7 Å². The van der Waals surface area contributed by atoms with Crippen LogP contribution in [0, 0.1) is 5.41 Å². The van der Waals surface area contributed by atoms with E-state index in [1.807, 2.05) is 23.1 Å². The number of amides is 1. The highest BCUT2D eigenvalue weighted by molar-refractivity contribution is 5.78. The van der Waals surface area contributed by atoms with Gasteiger partial charge >= 0.3 is 0 Å². The van der Waals surface area contributed by atoms with E-state index < -0.39 is 0 Å². The molecule has 37 heavy (non-hydrogen) atoms. The Morgan fingerprint density at radius 1 is 1.03 bits per heavy atom. The third-order valence-electron chi connectivity index (χ3n) is 8.40. The first-order chi connectivity index (χ1) is 18.1. The highest BCUT2D eigenvalue weighted by atomic mass is 16.5. The number of carbonyl (C=O) groups excluding carboxylic acids is 1. The number of hydrogen-bond donors (Lipinski definition) is 0. The third-order valence-corrected chi connectivity index (χ3v) is 8.40. The van der Waals surface area contributed by atoms with Gasteiger partial charge in [-0.2, -0.15) is 0 Å². The van der Waals surface area contributed by atoms with E-state index in [4.69, 9.17) is 9.47 Å². The van der Waals surface area contributed by atoms with Crippen molar-refractivity contribution >= 4 is 5.91 Å². The smallest absolute Gasteiger partial charge is 0.228 e. The standard InChI is InChI=1S/C29H33N5O3/c1-36-23-6-5-22(30-16-23)14-28(35)33-11-9-29(10-12-33)17-34(18-29)26-8-4-20-13-21(3-7-24(20)26)25-15-27(37-2)32-19-31-25/h3,5-7,13,15-16,19,26H,4,8-12,14,17-18H2,1-2H3. The molecule has 0 radical (unpaired) electrons. The van der Waals surface area contributed by atoms with Gasteiger partial charge in [-0.15, -0.1) is 0 Å². The lowest BCUT2D eigenvalue weighted by molar-refractivity contribution is -0.136. The molecule has 1 unspecified atom stereocenters. The molecule has 2 fully saturated rings. The number of likely N-dealkylation sites (tertiary alicyclic amines) is 2. The molecule has 1 atom stereocenters. The number of aryl methyl sites for hydroxylation is 1. The Hall–Kier alpha value is -3.52. The van der Waals surface area contributed by atoms with Crippen LogP contribution in [0.25, 0.3) is 11.3 Å². The predicted octanol–water partition coefficient (Wildman–Crippen LogP) is 3.71. The lowest BCUT2D eigenvalue weighted by Crippen LogP contribution is -2.61. The zero-order chi connectivity index (χ0) is 25.4. The highest BCUT2D eigenvalue weighted by Gasteiger charge is 2.48. The van der Waals surface area contributed by atoms with Gasteiger partial charge in [0, 0.05) is 49.5 Å². The number of aromatic nitrogens is 3. The first-order valence-corrected chi connectivity index (χ1v) is 13.1. The van der Waals surface area contributed by atoms with Gasteiger partial charge in [0.2, 0.25) is 11.8 Å². The summed E-state index contributed by atoms with van der Waals surface area (Å²) in [6.45, 7) is 3.94. The zero-order valence-electron chi connectivity index (χ0n) is 21.5. The molecular weight excluding hydrogens is 466 g/mol. The number of nitrogens with zero attached hydrogens (tertiary/aromatic N) is 5. The molecule has 3 aromatic rings. The van der Waals surface area contributed by atoms with Crippen LogP contribution in [0.3, 0.4) is 0 Å². The van der Waals surface area contributed by atoms with Gasteiger partial charge in [-0.25, -0.2) is 9.97 Å². The minimum absolute atomic E-state index is 0.172. The van der Waals surface area contributed by atoms with Crippen molar-refractivity contribution in [3.8, 4) is 22.9 Å². The van der Waals surface area contributed by atoms with Crippen LogP contribution in [0.1, 0.15) is 42.1 Å². The van der Waals surface area contributed by atoms with E-state index in [2.05, 4.69) is 38.1 Å². The summed E-state index contributed by atoms with van der Waals surface area (Å²) in [6, 6.07) is 12.9. The van der Waals surface area contributed by atoms with E-state index in [0.29, 0.717) is 29.5 Å². The molecule has 1 amide bonds. The summed E-state index contributed by atoms with van der Waals surface area (Å²) in [5.74, 6) is 1.47. The first-order valence-electron chi connectivity index (χ1n) is 13.1. The van der Waals surface area contributed by atoms with Crippen molar-refractivity contribution in [3.63, 3.8) is 0 Å². The highest BCUT2D eigenvalue weighted by Crippen LogP contribution is 2.48. The van der Waals surface area contributed by atoms with E-state index in [-0.39, 0.29) is 5.91 Å². The fraction of sp³-hybridized carbons (Fsp3) is 0.448. The maximum absolute atomic E-state index is 12.8. The predicted molar refractivity (Wildman–Crippen MR) is 139 cm³/mol. The quantitative estimate of drug-likeness (QED) is 0.511. The van der Waals surface area contributed by atoms with E-state index in [9.17, 15) is 4.79 Å². The molecule has 0 bridgehead atoms. The molecule has 2 saturated heterocycles. The molecule has 1 aliphatic carbocycles. The summed E-state index contributed by atoms with van der Waals surface area (Å²) < 4.78 is 10.4. The van der Waals surface area contributed by atoms with Crippen LogP contribution in [-0.2, 0) is 17.6 Å². The van der Waals surface area contributed by atoms with Crippen LogP contribution in [0.5, 0.6) is 11.6 Å². The second-order valence-corrected chi connectivity index (χ2v) is 10.6. The molecule has 1 spiro atoms. The Kier molecular flexibility index (Phi) is 6.28. The second-order valence-electron chi connectivity index (χ2n) is 10.6. The SMILES string of the molecule is COc1ccc(CC(=O)N2CCC3(CC2)CN(C2CCc4cc(-c5cc(OC)ncn5)ccc42)C3)nc1. The maximum Gasteiger partial charge on any atom is 0.228 e. The lowest BCUT2D eigenvalue weighted by atomic mass is 9.71. The Morgan fingerprint density at radius 3 is 2.59 bits per heavy atom. The van der Waals surface area contributed by atoms with Crippen LogP contribution < -0.4 is 9.47 Å². The Morgan fingerprint density at radius 2 is 1.86 bits per heavy atom. The van der Waals surface area contributed by atoms with Gasteiger partial charge < -0.3 is 14.4 Å². The number of benzene rings is 1. The van der Waals surface area contributed by atoms with E-state index in [0.717, 1.165) is 62.4 Å². The van der Waals surface area contributed by atoms with Crippen LogP contribution >= 0.6 is 0 Å². The number of carbonyl (C=O) groups is 1. The average molecular weight is 500 g/mol. The molecule has 8 heteroatoms. The Labute approximate surface area is 217 Å². The fourth-order valence-corrected chi connectivity index (χ4v) is 6.23. The summed E-state index contributed by atoms with van der Waals surface area (Å²) in [5, 5.41) is 0. The maximum atomic E-state index is 12.8. The van der Waals surface area contributed by atoms with E-state index >= 15 is 0 Å². The largest absolute Gasteiger partial charge is 0.495 e. The van der Waals surface area contributed by atoms with Gasteiger partial charge in [-0.3, -0.25) is 14.7 Å². The van der Waals surface area contributed by atoms with Crippen LogP contribution in [0.4, 0.5) is 0 Å². The van der Waals surface area contributed by atoms with Crippen molar-refractivity contribution in [1.29, 1.82) is 0 Å². The van der Waals surface area contributed by atoms with Crippen molar-refractivity contribution in [2.45, 2.75) is 38.1 Å². The van der Waals surface area contributed by atoms with Gasteiger partial charge in [-0.05, 0) is 60.4 Å². The summed E-state index contributed by atoms with van der Waals surface area (Å²) in [4.78, 5) is 30.4. The molecule has 192 valence electrons. The molecule has 0 N–H and O–H groups in total. The summed E-state index contributed by atoms with van der Waals surface area (Å²) in [7, 11) is 3.24. The van der Waals surface area contributed by atoms with E-state index in [1.54, 1.807) is 26.7 Å². The van der Waals surface area contributed by atoms with Crippen molar-refractivity contribution < 1.29 is 14.3 Å². The minimum Gasteiger partial charge on any atom is -0.495 e. The first kappa shape index (κ1) is 23.9. The normalized spacial score (nSPS) is 20.4. The van der Waals surface area contributed by atoms with Gasteiger partial charge in [-0.1, -0.05) is 12.1 Å². The van der Waals surface area contributed by atoms with Crippen molar-refractivity contribution in [2.24, 2.45) is 5.41 Å². The summed E-state index contributed by atoms with van der Waals surface area (Å²) in [5.41, 5.74) is 6.04. The van der Waals surface area contributed by atoms with Gasteiger partial charge in [0.25, 0.3) is 0 Å². The second kappa shape index (κ2) is 9.74. The molecule has 2 aliphatic heterocycles. The minimum atomic E-state index is 0.172.